The van der Waals surface area contributed by atoms with Crippen molar-refractivity contribution in [1.82, 2.24) is 15.5 Å². The molecule has 170 valence electrons. The summed E-state index contributed by atoms with van der Waals surface area (Å²) < 4.78 is 19.4. The highest BCUT2D eigenvalue weighted by molar-refractivity contribution is 7.98. The van der Waals surface area contributed by atoms with Gasteiger partial charge in [0.15, 0.2) is 0 Å². The average molecular weight is 473 g/mol. The summed E-state index contributed by atoms with van der Waals surface area (Å²) in [6.45, 7) is 1.86. The minimum absolute atomic E-state index is 0.253. The SMILES string of the molecule is CSc1ccc(C2NC(=O)N(c3ccccc3)C(C)=C2c2nc(-c3cccc(F)c3)no2)cc1. The molecule has 0 spiro atoms. The average Bonchev–Trinajstić information content (AvgIpc) is 3.34. The van der Waals surface area contributed by atoms with Crippen LogP contribution < -0.4 is 10.2 Å². The van der Waals surface area contributed by atoms with Gasteiger partial charge in [0, 0.05) is 16.2 Å². The smallest absolute Gasteiger partial charge is 0.326 e. The van der Waals surface area contributed by atoms with Gasteiger partial charge in [0.1, 0.15) is 5.82 Å². The molecule has 0 bridgehead atoms. The molecule has 6 nitrogen and oxygen atoms in total. The van der Waals surface area contributed by atoms with Gasteiger partial charge in [0.2, 0.25) is 5.82 Å². The number of halogens is 1. The molecule has 0 fully saturated rings. The Morgan fingerprint density at radius 3 is 2.50 bits per heavy atom. The first kappa shape index (κ1) is 21.9. The predicted octanol–water partition coefficient (Wildman–Crippen LogP) is 6.30. The summed E-state index contributed by atoms with van der Waals surface area (Å²) in [5, 5.41) is 7.18. The van der Waals surface area contributed by atoms with Crippen LogP contribution in [0, 0.1) is 5.82 Å². The molecule has 0 saturated heterocycles. The Morgan fingerprint density at radius 2 is 1.79 bits per heavy atom. The highest BCUT2D eigenvalue weighted by atomic mass is 32.2. The van der Waals surface area contributed by atoms with Crippen LogP contribution in [-0.2, 0) is 0 Å². The van der Waals surface area contributed by atoms with Crippen LogP contribution in [0.3, 0.4) is 0 Å². The number of benzene rings is 3. The molecular weight excluding hydrogens is 451 g/mol. The van der Waals surface area contributed by atoms with E-state index in [9.17, 15) is 9.18 Å². The maximum Gasteiger partial charge on any atom is 0.326 e. The molecular formula is C26H21FN4O2S. The molecule has 0 aliphatic carbocycles. The fourth-order valence-electron chi connectivity index (χ4n) is 4.03. The van der Waals surface area contributed by atoms with Gasteiger partial charge in [0.25, 0.3) is 5.89 Å². The first-order chi connectivity index (χ1) is 16.5. The molecule has 0 radical (unpaired) electrons. The van der Waals surface area contributed by atoms with E-state index >= 15 is 0 Å². The Labute approximate surface area is 200 Å². The lowest BCUT2D eigenvalue weighted by atomic mass is 9.94. The van der Waals surface area contributed by atoms with Crippen LogP contribution in [0.2, 0.25) is 0 Å². The van der Waals surface area contributed by atoms with Crippen LogP contribution in [-0.4, -0.2) is 22.4 Å². The Bertz CT molecular complexity index is 1370. The number of thioether (sulfide) groups is 1. The van der Waals surface area contributed by atoms with E-state index in [2.05, 4.69) is 15.5 Å². The zero-order chi connectivity index (χ0) is 23.7. The second-order valence-corrected chi connectivity index (χ2v) is 8.64. The van der Waals surface area contributed by atoms with Crippen molar-refractivity contribution in [1.29, 1.82) is 0 Å². The molecule has 1 N–H and O–H groups in total. The van der Waals surface area contributed by atoms with E-state index < -0.39 is 6.04 Å². The van der Waals surface area contributed by atoms with E-state index in [1.807, 2.05) is 67.8 Å². The summed E-state index contributed by atoms with van der Waals surface area (Å²) in [6.07, 6.45) is 2.01. The van der Waals surface area contributed by atoms with Crippen LogP contribution >= 0.6 is 11.8 Å². The molecule has 8 heteroatoms. The highest BCUT2D eigenvalue weighted by Crippen LogP contribution is 2.39. The van der Waals surface area contributed by atoms with E-state index in [1.54, 1.807) is 28.8 Å². The largest absolute Gasteiger partial charge is 0.334 e. The van der Waals surface area contributed by atoms with Crippen molar-refractivity contribution in [2.45, 2.75) is 17.9 Å². The molecule has 4 aromatic rings. The molecule has 5 rings (SSSR count). The molecule has 0 saturated carbocycles. The van der Waals surface area contributed by atoms with Crippen molar-refractivity contribution in [2.75, 3.05) is 11.2 Å². The number of hydrogen-bond acceptors (Lipinski definition) is 5. The number of amides is 2. The standard InChI is InChI=1S/C26H21FN4O2S/c1-16-22(25-29-24(30-33-25)18-7-6-8-19(27)15-18)23(17-11-13-21(34-2)14-12-17)28-26(32)31(16)20-9-4-3-5-10-20/h3-15,23H,1-2H3,(H,28,32). The molecule has 2 amide bonds. The predicted molar refractivity (Wildman–Crippen MR) is 131 cm³/mol. The van der Waals surface area contributed by atoms with Crippen molar-refractivity contribution in [3.8, 4) is 11.4 Å². The Balaban J connectivity index is 1.64. The second-order valence-electron chi connectivity index (χ2n) is 7.76. The number of nitrogens with zero attached hydrogens (tertiary/aromatic N) is 3. The molecule has 1 aliphatic heterocycles. The maximum absolute atomic E-state index is 13.8. The van der Waals surface area contributed by atoms with Gasteiger partial charge in [-0.05, 0) is 55.1 Å². The van der Waals surface area contributed by atoms with E-state index in [0.717, 1.165) is 16.1 Å². The highest BCUT2D eigenvalue weighted by Gasteiger charge is 2.36. The maximum atomic E-state index is 13.8. The number of rotatable bonds is 5. The van der Waals surface area contributed by atoms with Gasteiger partial charge in [-0.2, -0.15) is 4.98 Å². The number of hydrogen-bond donors (Lipinski definition) is 1. The summed E-state index contributed by atoms with van der Waals surface area (Å²) in [5.74, 6) is 0.150. The molecule has 1 aliphatic rings. The first-order valence-electron chi connectivity index (χ1n) is 10.7. The zero-order valence-electron chi connectivity index (χ0n) is 18.5. The molecule has 2 heterocycles. The third-order valence-electron chi connectivity index (χ3n) is 5.69. The van der Waals surface area contributed by atoms with Crippen molar-refractivity contribution in [2.24, 2.45) is 0 Å². The van der Waals surface area contributed by atoms with Crippen molar-refractivity contribution in [3.05, 3.63) is 102 Å². The van der Waals surface area contributed by atoms with Crippen molar-refractivity contribution >= 4 is 29.1 Å². The van der Waals surface area contributed by atoms with Gasteiger partial charge in [-0.15, -0.1) is 11.8 Å². The van der Waals surface area contributed by atoms with Gasteiger partial charge in [-0.1, -0.05) is 47.6 Å². The lowest BCUT2D eigenvalue weighted by Crippen LogP contribution is -2.46. The fourth-order valence-corrected chi connectivity index (χ4v) is 4.44. The fraction of sp³-hybridized carbons (Fsp3) is 0.115. The number of carbonyl (C=O) groups excluding carboxylic acids is 1. The quantitative estimate of drug-likeness (QED) is 0.345. The van der Waals surface area contributed by atoms with E-state index in [-0.39, 0.29) is 23.6 Å². The third kappa shape index (κ3) is 4.08. The summed E-state index contributed by atoms with van der Waals surface area (Å²) in [7, 11) is 0. The van der Waals surface area contributed by atoms with Crippen LogP contribution in [0.5, 0.6) is 0 Å². The lowest BCUT2D eigenvalue weighted by Gasteiger charge is -2.35. The summed E-state index contributed by atoms with van der Waals surface area (Å²) in [5.41, 5.74) is 3.46. The van der Waals surface area contributed by atoms with Gasteiger partial charge in [0.05, 0.1) is 17.3 Å². The third-order valence-corrected chi connectivity index (χ3v) is 6.43. The summed E-state index contributed by atoms with van der Waals surface area (Å²) in [6, 6.07) is 22.6. The van der Waals surface area contributed by atoms with Gasteiger partial charge in [-0.25, -0.2) is 9.18 Å². The Morgan fingerprint density at radius 1 is 1.03 bits per heavy atom. The Kier molecular flexibility index (Phi) is 5.90. The van der Waals surface area contributed by atoms with Crippen LogP contribution in [0.4, 0.5) is 14.9 Å². The first-order valence-corrected chi connectivity index (χ1v) is 11.9. The number of allylic oxidation sites excluding steroid dienone is 1. The number of aromatic nitrogens is 2. The minimum atomic E-state index is -0.496. The number of anilines is 1. The van der Waals surface area contributed by atoms with E-state index in [0.29, 0.717) is 16.8 Å². The molecule has 34 heavy (non-hydrogen) atoms. The molecule has 1 unspecified atom stereocenters. The van der Waals surface area contributed by atoms with Crippen LogP contribution in [0.1, 0.15) is 24.4 Å². The number of para-hydroxylation sites is 1. The summed E-state index contributed by atoms with van der Waals surface area (Å²) >= 11 is 1.64. The minimum Gasteiger partial charge on any atom is -0.334 e. The summed E-state index contributed by atoms with van der Waals surface area (Å²) in [4.78, 5) is 20.5. The zero-order valence-corrected chi connectivity index (χ0v) is 19.3. The molecule has 1 atom stereocenters. The normalized spacial score (nSPS) is 16.0. The van der Waals surface area contributed by atoms with E-state index in [4.69, 9.17) is 4.52 Å². The Hall–Kier alpha value is -3.91. The van der Waals surface area contributed by atoms with E-state index in [1.165, 1.54) is 12.1 Å². The van der Waals surface area contributed by atoms with Gasteiger partial charge in [-0.3, -0.25) is 4.90 Å². The molecule has 3 aromatic carbocycles. The van der Waals surface area contributed by atoms with Gasteiger partial charge < -0.3 is 9.84 Å². The number of carbonyl (C=O) groups is 1. The van der Waals surface area contributed by atoms with Crippen LogP contribution in [0.15, 0.2) is 94.0 Å². The second kappa shape index (κ2) is 9.15. The van der Waals surface area contributed by atoms with Gasteiger partial charge >= 0.3 is 6.03 Å². The monoisotopic (exact) mass is 472 g/mol. The van der Waals surface area contributed by atoms with Crippen LogP contribution in [0.25, 0.3) is 17.0 Å². The molecule has 1 aromatic heterocycles. The van der Waals surface area contributed by atoms with Crippen molar-refractivity contribution in [3.63, 3.8) is 0 Å². The number of nitrogens with one attached hydrogen (secondary N) is 1. The lowest BCUT2D eigenvalue weighted by molar-refractivity contribution is 0.244. The van der Waals surface area contributed by atoms with Crippen molar-refractivity contribution < 1.29 is 13.7 Å². The number of urea groups is 1. The topological polar surface area (TPSA) is 71.3 Å².